The molecule has 1 aliphatic heterocycles. The maximum Gasteiger partial charge on any atom is 0.337 e. The Kier molecular flexibility index (Phi) is 4.66. The molecule has 0 fully saturated rings. The number of hydrazone groups is 1. The molecule has 2 aromatic rings. The number of carboxylic acids is 1. The molecule has 26 heavy (non-hydrogen) atoms. The van der Waals surface area contributed by atoms with E-state index >= 15 is 0 Å². The summed E-state index contributed by atoms with van der Waals surface area (Å²) in [5, 5.41) is 14.7. The number of carbonyl (C=O) groups excluding carboxylic acids is 1. The van der Waals surface area contributed by atoms with Gasteiger partial charge in [0, 0.05) is 12.5 Å². The number of anilines is 1. The topological polar surface area (TPSA) is 79.2 Å². The van der Waals surface area contributed by atoms with Crippen molar-refractivity contribution in [2.75, 3.05) is 12.1 Å². The molecule has 0 spiro atoms. The van der Waals surface area contributed by atoms with E-state index in [0.717, 1.165) is 17.1 Å². The van der Waals surface area contributed by atoms with Crippen LogP contribution in [0.4, 0.5) is 14.5 Å². The van der Waals surface area contributed by atoms with Gasteiger partial charge in [0.25, 0.3) is 0 Å². The van der Waals surface area contributed by atoms with Crippen molar-refractivity contribution in [1.82, 2.24) is 0 Å². The molecule has 1 aliphatic rings. The van der Waals surface area contributed by atoms with Gasteiger partial charge in [-0.25, -0.2) is 23.4 Å². The van der Waals surface area contributed by atoms with Crippen LogP contribution in [0, 0.1) is 11.6 Å². The van der Waals surface area contributed by atoms with E-state index in [2.05, 4.69) is 9.84 Å². The molecule has 0 radical (unpaired) electrons. The second kappa shape index (κ2) is 6.91. The zero-order chi connectivity index (χ0) is 18.8. The van der Waals surface area contributed by atoms with Crippen molar-refractivity contribution < 1.29 is 28.2 Å². The number of methoxy groups -OCH3 is 1. The number of hydrogen-bond donors (Lipinski definition) is 1. The van der Waals surface area contributed by atoms with E-state index in [-0.39, 0.29) is 12.1 Å². The molecule has 6 nitrogen and oxygen atoms in total. The molecule has 134 valence electrons. The minimum atomic E-state index is -1.18. The fourth-order valence-corrected chi connectivity index (χ4v) is 2.68. The predicted molar refractivity (Wildman–Crippen MR) is 89.2 cm³/mol. The summed E-state index contributed by atoms with van der Waals surface area (Å²) >= 11 is 0. The van der Waals surface area contributed by atoms with E-state index in [1.807, 2.05) is 0 Å². The number of rotatable bonds is 4. The molecule has 1 atom stereocenters. The third-order valence-electron chi connectivity index (χ3n) is 3.99. The average molecular weight is 360 g/mol. The van der Waals surface area contributed by atoms with Crippen LogP contribution in [0.15, 0.2) is 47.6 Å². The van der Waals surface area contributed by atoms with Crippen molar-refractivity contribution in [3.8, 4) is 0 Å². The molecule has 1 heterocycles. The molecule has 0 saturated heterocycles. The van der Waals surface area contributed by atoms with Crippen molar-refractivity contribution in [3.05, 3.63) is 65.2 Å². The molecule has 2 aromatic carbocycles. The van der Waals surface area contributed by atoms with Crippen molar-refractivity contribution >= 4 is 23.3 Å². The Morgan fingerprint density at radius 1 is 1.19 bits per heavy atom. The zero-order valence-corrected chi connectivity index (χ0v) is 13.6. The Labute approximate surface area is 147 Å². The van der Waals surface area contributed by atoms with Crippen molar-refractivity contribution in [3.63, 3.8) is 0 Å². The number of aliphatic carboxylic acids is 1. The lowest BCUT2D eigenvalue weighted by Gasteiger charge is -2.20. The van der Waals surface area contributed by atoms with Gasteiger partial charge in [-0.15, -0.1) is 0 Å². The standard InChI is InChI=1S/C18H14F2N2O4/c1-26-18(25)11-4-2-10(3-5-11)14-9-16(17(23)24)22(21-14)15-7-6-12(19)8-13(15)20/h2-8,16H,9H2,1H3,(H,23,24). The van der Waals surface area contributed by atoms with Crippen molar-refractivity contribution in [2.45, 2.75) is 12.5 Å². The molecule has 0 saturated carbocycles. The molecule has 8 heteroatoms. The fourth-order valence-electron chi connectivity index (χ4n) is 2.68. The van der Waals surface area contributed by atoms with Gasteiger partial charge >= 0.3 is 11.9 Å². The van der Waals surface area contributed by atoms with Gasteiger partial charge in [0.2, 0.25) is 0 Å². The lowest BCUT2D eigenvalue weighted by atomic mass is 10.0. The van der Waals surface area contributed by atoms with Gasteiger partial charge in [0.15, 0.2) is 11.9 Å². The minimum absolute atomic E-state index is 0.0315. The number of carboxylic acid groups (broad SMARTS) is 1. The van der Waals surface area contributed by atoms with Crippen molar-refractivity contribution in [1.29, 1.82) is 0 Å². The molecule has 0 bridgehead atoms. The Hall–Kier alpha value is -3.29. The summed E-state index contributed by atoms with van der Waals surface area (Å²) in [5.74, 6) is -3.34. The number of esters is 1. The molecule has 1 N–H and O–H groups in total. The number of halogens is 2. The fraction of sp³-hybridized carbons (Fsp3) is 0.167. The first-order valence-electron chi connectivity index (χ1n) is 7.64. The molecule has 0 aliphatic carbocycles. The second-order valence-corrected chi connectivity index (χ2v) is 5.61. The van der Waals surface area contributed by atoms with Gasteiger partial charge in [0.1, 0.15) is 5.82 Å². The lowest BCUT2D eigenvalue weighted by molar-refractivity contribution is -0.138. The Bertz CT molecular complexity index is 897. The first-order valence-corrected chi connectivity index (χ1v) is 7.64. The molecule has 3 rings (SSSR count). The second-order valence-electron chi connectivity index (χ2n) is 5.61. The summed E-state index contributed by atoms with van der Waals surface area (Å²) in [6, 6.07) is 8.01. The van der Waals surface area contributed by atoms with Crippen LogP contribution in [0.1, 0.15) is 22.3 Å². The lowest BCUT2D eigenvalue weighted by Crippen LogP contribution is -2.34. The molecule has 0 amide bonds. The number of hydrogen-bond acceptors (Lipinski definition) is 5. The van der Waals surface area contributed by atoms with Gasteiger partial charge in [-0.05, 0) is 29.8 Å². The molecule has 0 aromatic heterocycles. The van der Waals surface area contributed by atoms with Crippen LogP contribution < -0.4 is 5.01 Å². The van der Waals surface area contributed by atoms with Crippen LogP contribution in [-0.4, -0.2) is 35.9 Å². The van der Waals surface area contributed by atoms with Crippen LogP contribution in [-0.2, 0) is 9.53 Å². The highest BCUT2D eigenvalue weighted by Gasteiger charge is 2.35. The van der Waals surface area contributed by atoms with Gasteiger partial charge < -0.3 is 9.84 Å². The normalized spacial score (nSPS) is 16.3. The summed E-state index contributed by atoms with van der Waals surface area (Å²) in [4.78, 5) is 23.0. The van der Waals surface area contributed by atoms with E-state index in [9.17, 15) is 23.5 Å². The van der Waals surface area contributed by atoms with Crippen LogP contribution >= 0.6 is 0 Å². The highest BCUT2D eigenvalue weighted by atomic mass is 19.1. The smallest absolute Gasteiger partial charge is 0.337 e. The first kappa shape index (κ1) is 17.5. The summed E-state index contributed by atoms with van der Waals surface area (Å²) in [6.45, 7) is 0. The van der Waals surface area contributed by atoms with Gasteiger partial charge in [-0.2, -0.15) is 5.10 Å². The summed E-state index contributed by atoms with van der Waals surface area (Å²) in [5.41, 5.74) is 1.22. The number of benzene rings is 2. The van der Waals surface area contributed by atoms with Crippen molar-refractivity contribution in [2.24, 2.45) is 5.10 Å². The maximum absolute atomic E-state index is 14.1. The highest BCUT2D eigenvalue weighted by Crippen LogP contribution is 2.29. The Morgan fingerprint density at radius 2 is 1.88 bits per heavy atom. The SMILES string of the molecule is COC(=O)c1ccc(C2=NN(c3ccc(F)cc3F)C(C(=O)O)C2)cc1. The predicted octanol–water partition coefficient (Wildman–Crippen LogP) is 2.82. The first-order chi connectivity index (χ1) is 12.4. The highest BCUT2D eigenvalue weighted by molar-refractivity contribution is 6.06. The van der Waals surface area contributed by atoms with Gasteiger partial charge in [-0.3, -0.25) is 0 Å². The van der Waals surface area contributed by atoms with E-state index in [4.69, 9.17) is 0 Å². The zero-order valence-electron chi connectivity index (χ0n) is 13.6. The van der Waals surface area contributed by atoms with Gasteiger partial charge in [-0.1, -0.05) is 12.1 Å². The average Bonchev–Trinajstić information content (AvgIpc) is 3.06. The summed E-state index contributed by atoms with van der Waals surface area (Å²) < 4.78 is 31.8. The van der Waals surface area contributed by atoms with Crippen LogP contribution in [0.5, 0.6) is 0 Å². The van der Waals surface area contributed by atoms with E-state index in [0.29, 0.717) is 22.9 Å². The quantitative estimate of drug-likeness (QED) is 0.849. The molecular formula is C18H14F2N2O4. The van der Waals surface area contributed by atoms with Crippen LogP contribution in [0.25, 0.3) is 0 Å². The van der Waals surface area contributed by atoms with E-state index < -0.39 is 29.6 Å². The Balaban J connectivity index is 1.96. The third kappa shape index (κ3) is 3.26. The monoisotopic (exact) mass is 360 g/mol. The summed E-state index contributed by atoms with van der Waals surface area (Å²) in [7, 11) is 1.27. The number of ether oxygens (including phenoxy) is 1. The van der Waals surface area contributed by atoms with Crippen LogP contribution in [0.2, 0.25) is 0 Å². The van der Waals surface area contributed by atoms with E-state index in [1.54, 1.807) is 12.1 Å². The molecular weight excluding hydrogens is 346 g/mol. The number of carbonyl (C=O) groups is 2. The van der Waals surface area contributed by atoms with E-state index in [1.165, 1.54) is 19.2 Å². The van der Waals surface area contributed by atoms with Gasteiger partial charge in [0.05, 0.1) is 24.1 Å². The maximum atomic E-state index is 14.1. The molecule has 1 unspecified atom stereocenters. The Morgan fingerprint density at radius 3 is 2.46 bits per heavy atom. The van der Waals surface area contributed by atoms with Crippen LogP contribution in [0.3, 0.4) is 0 Å². The minimum Gasteiger partial charge on any atom is -0.480 e. The number of nitrogens with zero attached hydrogens (tertiary/aromatic N) is 2. The largest absolute Gasteiger partial charge is 0.480 e. The third-order valence-corrected chi connectivity index (χ3v) is 3.99. The summed E-state index contributed by atoms with van der Waals surface area (Å²) in [6.07, 6.45) is 0.0315.